The fourth-order valence-electron chi connectivity index (χ4n) is 2.46. The predicted octanol–water partition coefficient (Wildman–Crippen LogP) is 1.78. The first-order valence-electron chi connectivity index (χ1n) is 6.36. The van der Waals surface area contributed by atoms with Crippen molar-refractivity contribution in [3.63, 3.8) is 0 Å². The van der Waals surface area contributed by atoms with E-state index in [4.69, 9.17) is 16.7 Å². The molecule has 1 rings (SSSR count). The van der Waals surface area contributed by atoms with Gasteiger partial charge in [0.15, 0.2) is 0 Å². The highest BCUT2D eigenvalue weighted by molar-refractivity contribution is 6.21. The van der Waals surface area contributed by atoms with Gasteiger partial charge in [-0.15, -0.1) is 11.6 Å². The highest BCUT2D eigenvalue weighted by Crippen LogP contribution is 2.38. The van der Waals surface area contributed by atoms with Gasteiger partial charge >= 0.3 is 5.97 Å². The van der Waals surface area contributed by atoms with Gasteiger partial charge in [0, 0.05) is 24.3 Å². The van der Waals surface area contributed by atoms with E-state index in [1.807, 2.05) is 12.2 Å². The van der Waals surface area contributed by atoms with Gasteiger partial charge in [-0.3, -0.25) is 4.79 Å². The molecule has 0 aromatic heterocycles. The van der Waals surface area contributed by atoms with Gasteiger partial charge in [0.2, 0.25) is 0 Å². The van der Waals surface area contributed by atoms with E-state index in [0.717, 1.165) is 12.8 Å². The van der Waals surface area contributed by atoms with Crippen LogP contribution in [0.15, 0.2) is 12.2 Å². The highest BCUT2D eigenvalue weighted by Gasteiger charge is 2.40. The molecule has 3 N–H and O–H groups in total. The van der Waals surface area contributed by atoms with E-state index in [0.29, 0.717) is 12.8 Å². The number of carboxylic acid groups (broad SMARTS) is 1. The van der Waals surface area contributed by atoms with Crippen LogP contribution in [0.5, 0.6) is 0 Å². The minimum Gasteiger partial charge on any atom is -0.481 e. The summed E-state index contributed by atoms with van der Waals surface area (Å²) in [6.07, 6.45) is 6.22. The van der Waals surface area contributed by atoms with Crippen LogP contribution in [-0.2, 0) is 4.79 Å². The molecule has 1 saturated carbocycles. The van der Waals surface area contributed by atoms with Crippen LogP contribution in [0.25, 0.3) is 0 Å². The van der Waals surface area contributed by atoms with Crippen LogP contribution >= 0.6 is 11.6 Å². The van der Waals surface area contributed by atoms with Gasteiger partial charge in [0.25, 0.3) is 0 Å². The van der Waals surface area contributed by atoms with Crippen LogP contribution in [0.3, 0.4) is 0 Å². The lowest BCUT2D eigenvalue weighted by molar-refractivity contribution is -0.137. The summed E-state index contributed by atoms with van der Waals surface area (Å²) in [5, 5.41) is 27.3. The Morgan fingerprint density at radius 3 is 2.67 bits per heavy atom. The Balaban J connectivity index is 2.29. The Morgan fingerprint density at radius 2 is 2.06 bits per heavy atom. The maximum absolute atomic E-state index is 10.3. The second-order valence-corrected chi connectivity index (χ2v) is 5.38. The van der Waals surface area contributed by atoms with Crippen molar-refractivity contribution < 1.29 is 20.1 Å². The fraction of sp³-hybridized carbons (Fsp3) is 0.769. The predicted molar refractivity (Wildman–Crippen MR) is 69.6 cm³/mol. The number of aliphatic hydroxyl groups excluding tert-OH is 2. The molecule has 4 nitrogen and oxygen atoms in total. The number of aliphatic hydroxyl groups is 2. The maximum atomic E-state index is 10.3. The number of carbonyl (C=O) groups is 1. The lowest BCUT2D eigenvalue weighted by Gasteiger charge is -2.19. The van der Waals surface area contributed by atoms with Crippen molar-refractivity contribution in [3.05, 3.63) is 12.2 Å². The second kappa shape index (κ2) is 7.77. The molecule has 0 amide bonds. The molecule has 104 valence electrons. The molecular formula is C13H21ClO4. The minimum atomic E-state index is -0.775. The van der Waals surface area contributed by atoms with Gasteiger partial charge in [-0.1, -0.05) is 12.2 Å². The van der Waals surface area contributed by atoms with Crippen molar-refractivity contribution in [1.82, 2.24) is 0 Å². The smallest absolute Gasteiger partial charge is 0.303 e. The Kier molecular flexibility index (Phi) is 6.68. The maximum Gasteiger partial charge on any atom is 0.303 e. The van der Waals surface area contributed by atoms with Crippen LogP contribution in [0, 0.1) is 11.8 Å². The monoisotopic (exact) mass is 276 g/mol. The molecule has 0 aromatic carbocycles. The van der Waals surface area contributed by atoms with Crippen LogP contribution in [0.1, 0.15) is 32.1 Å². The Morgan fingerprint density at radius 1 is 1.33 bits per heavy atom. The average molecular weight is 277 g/mol. The zero-order valence-electron chi connectivity index (χ0n) is 10.3. The number of alkyl halides is 1. The first-order chi connectivity index (χ1) is 8.56. The number of rotatable bonds is 7. The van der Waals surface area contributed by atoms with E-state index in [9.17, 15) is 15.0 Å². The van der Waals surface area contributed by atoms with Crippen LogP contribution < -0.4 is 0 Å². The number of aliphatic carboxylic acids is 1. The molecular weight excluding hydrogens is 256 g/mol. The summed E-state index contributed by atoms with van der Waals surface area (Å²) in [5.74, 6) is -0.818. The topological polar surface area (TPSA) is 77.8 Å². The van der Waals surface area contributed by atoms with Gasteiger partial charge in [-0.25, -0.2) is 0 Å². The average Bonchev–Trinajstić information content (AvgIpc) is 2.57. The molecule has 1 aliphatic carbocycles. The third kappa shape index (κ3) is 4.59. The molecule has 4 atom stereocenters. The number of carboxylic acids is 1. The molecule has 1 aliphatic rings. The van der Waals surface area contributed by atoms with Crippen LogP contribution in [-0.4, -0.2) is 39.4 Å². The standard InChI is InChI=1S/C13H21ClO4/c14-11-7-12(16)10(8-15)9(11)5-3-1-2-4-6-13(17)18/h1,3,9-12,15-16H,2,4-8H2,(H,17,18)/t9-,10-,11-,12-/m1/s1. The van der Waals surface area contributed by atoms with E-state index in [1.54, 1.807) is 0 Å². The van der Waals surface area contributed by atoms with Crippen molar-refractivity contribution in [2.75, 3.05) is 6.61 Å². The van der Waals surface area contributed by atoms with Crippen molar-refractivity contribution in [1.29, 1.82) is 0 Å². The summed E-state index contributed by atoms with van der Waals surface area (Å²) in [4.78, 5) is 10.3. The Hall–Kier alpha value is -0.580. The van der Waals surface area contributed by atoms with E-state index >= 15 is 0 Å². The SMILES string of the molecule is O=C(O)CCCC=CC[C@@H]1[C@@H](CO)[C@H](O)C[C@H]1Cl. The van der Waals surface area contributed by atoms with Crippen LogP contribution in [0.2, 0.25) is 0 Å². The van der Waals surface area contributed by atoms with Crippen molar-refractivity contribution in [2.24, 2.45) is 11.8 Å². The molecule has 0 bridgehead atoms. The number of unbranched alkanes of at least 4 members (excludes halogenated alkanes) is 1. The van der Waals surface area contributed by atoms with Gasteiger partial charge < -0.3 is 15.3 Å². The highest BCUT2D eigenvalue weighted by atomic mass is 35.5. The summed E-state index contributed by atoms with van der Waals surface area (Å²) in [5.41, 5.74) is 0. The van der Waals surface area contributed by atoms with Crippen molar-refractivity contribution in [3.8, 4) is 0 Å². The molecule has 0 radical (unpaired) electrons. The number of allylic oxidation sites excluding steroid dienone is 2. The fourth-order valence-corrected chi connectivity index (χ4v) is 2.93. The number of halogens is 1. The van der Waals surface area contributed by atoms with Crippen molar-refractivity contribution in [2.45, 2.75) is 43.6 Å². The summed E-state index contributed by atoms with van der Waals surface area (Å²) < 4.78 is 0. The van der Waals surface area contributed by atoms with E-state index in [-0.39, 0.29) is 30.2 Å². The third-order valence-corrected chi connectivity index (χ3v) is 4.02. The molecule has 0 saturated heterocycles. The van der Waals surface area contributed by atoms with Gasteiger partial charge in [0.1, 0.15) is 0 Å². The molecule has 0 spiro atoms. The largest absolute Gasteiger partial charge is 0.481 e. The van der Waals surface area contributed by atoms with Gasteiger partial charge in [-0.05, 0) is 31.6 Å². The van der Waals surface area contributed by atoms with E-state index in [2.05, 4.69) is 0 Å². The molecule has 5 heteroatoms. The third-order valence-electron chi connectivity index (χ3n) is 3.52. The normalized spacial score (nSPS) is 32.2. The summed E-state index contributed by atoms with van der Waals surface area (Å²) in [6.45, 7) is -0.0398. The van der Waals surface area contributed by atoms with Gasteiger partial charge in [0.05, 0.1) is 6.10 Å². The quantitative estimate of drug-likeness (QED) is 0.376. The summed E-state index contributed by atoms with van der Waals surface area (Å²) in [6, 6.07) is 0. The number of hydrogen-bond acceptors (Lipinski definition) is 3. The number of hydrogen-bond donors (Lipinski definition) is 3. The molecule has 0 aliphatic heterocycles. The zero-order chi connectivity index (χ0) is 13.5. The van der Waals surface area contributed by atoms with E-state index in [1.165, 1.54) is 0 Å². The van der Waals surface area contributed by atoms with Crippen molar-refractivity contribution >= 4 is 17.6 Å². The Labute approximate surface area is 112 Å². The summed E-state index contributed by atoms with van der Waals surface area (Å²) >= 11 is 6.15. The van der Waals surface area contributed by atoms with E-state index < -0.39 is 12.1 Å². The lowest BCUT2D eigenvalue weighted by Crippen LogP contribution is -2.23. The van der Waals surface area contributed by atoms with Crippen LogP contribution in [0.4, 0.5) is 0 Å². The zero-order valence-corrected chi connectivity index (χ0v) is 11.1. The first-order valence-corrected chi connectivity index (χ1v) is 6.79. The van der Waals surface area contributed by atoms with Gasteiger partial charge in [-0.2, -0.15) is 0 Å². The second-order valence-electron chi connectivity index (χ2n) is 4.82. The molecule has 1 fully saturated rings. The molecule has 0 heterocycles. The summed E-state index contributed by atoms with van der Waals surface area (Å²) in [7, 11) is 0. The minimum absolute atomic E-state index is 0.0398. The first kappa shape index (κ1) is 15.5. The Bertz CT molecular complexity index is 293. The molecule has 18 heavy (non-hydrogen) atoms. The lowest BCUT2D eigenvalue weighted by atomic mass is 9.92. The molecule has 0 aromatic rings. The molecule has 0 unspecified atom stereocenters.